The van der Waals surface area contributed by atoms with E-state index in [-0.39, 0.29) is 0 Å². The van der Waals surface area contributed by atoms with Gasteiger partial charge in [-0.2, -0.15) is 0 Å². The van der Waals surface area contributed by atoms with Crippen molar-refractivity contribution in [3.05, 3.63) is 200 Å². The van der Waals surface area contributed by atoms with E-state index in [9.17, 15) is 0 Å². The van der Waals surface area contributed by atoms with Gasteiger partial charge in [0.1, 0.15) is 0 Å². The fraction of sp³-hybridized carbons (Fsp3) is 0. The van der Waals surface area contributed by atoms with Gasteiger partial charge in [-0.15, -0.1) is 22.7 Å². The van der Waals surface area contributed by atoms with E-state index in [4.69, 9.17) is 0 Å². The number of fused-ring (bicyclic) bond motifs is 7. The monoisotopic (exact) mass is 735 g/mol. The van der Waals surface area contributed by atoms with Crippen LogP contribution >= 0.6 is 22.7 Å². The first kappa shape index (κ1) is 32.0. The topological polar surface area (TPSA) is 3.24 Å². The highest BCUT2D eigenvalue weighted by Crippen LogP contribution is 2.44. The maximum absolute atomic E-state index is 2.39. The first-order valence-corrected chi connectivity index (χ1v) is 20.3. The molecule has 0 saturated carbocycles. The molecule has 0 atom stereocenters. The van der Waals surface area contributed by atoms with Gasteiger partial charge in [-0.25, -0.2) is 0 Å². The lowest BCUT2D eigenvalue weighted by Gasteiger charge is -2.26. The van der Waals surface area contributed by atoms with Crippen LogP contribution in [0.4, 0.5) is 17.1 Å². The summed E-state index contributed by atoms with van der Waals surface area (Å²) in [6.07, 6.45) is 0. The van der Waals surface area contributed by atoms with Crippen LogP contribution in [0.2, 0.25) is 0 Å². The van der Waals surface area contributed by atoms with Crippen molar-refractivity contribution in [2.45, 2.75) is 0 Å². The van der Waals surface area contributed by atoms with E-state index in [0.717, 1.165) is 17.1 Å². The number of benzene rings is 9. The maximum Gasteiger partial charge on any atom is 0.0467 e. The number of hydrogen-bond donors (Lipinski definition) is 0. The van der Waals surface area contributed by atoms with Crippen molar-refractivity contribution in [3.63, 3.8) is 0 Å². The summed E-state index contributed by atoms with van der Waals surface area (Å²) in [6.45, 7) is 0. The van der Waals surface area contributed by atoms with Gasteiger partial charge in [-0.1, -0.05) is 133 Å². The number of thiophene rings is 2. The molecule has 3 heteroatoms. The summed E-state index contributed by atoms with van der Waals surface area (Å²) in [5, 5.41) is 7.80. The van der Waals surface area contributed by atoms with E-state index in [0.29, 0.717) is 0 Å². The molecule has 0 spiro atoms. The van der Waals surface area contributed by atoms with E-state index < -0.39 is 0 Å². The minimum Gasteiger partial charge on any atom is -0.310 e. The molecule has 2 aromatic heterocycles. The number of rotatable bonds is 6. The van der Waals surface area contributed by atoms with E-state index in [1.165, 1.54) is 84.5 Å². The molecule has 0 unspecified atom stereocenters. The first-order valence-electron chi connectivity index (χ1n) is 18.7. The van der Waals surface area contributed by atoms with E-state index in [2.05, 4.69) is 205 Å². The van der Waals surface area contributed by atoms with Gasteiger partial charge in [-0.3, -0.25) is 0 Å². The molecule has 1 nitrogen and oxygen atoms in total. The minimum atomic E-state index is 1.11. The van der Waals surface area contributed by atoms with Gasteiger partial charge in [0, 0.05) is 57.4 Å². The molecular weight excluding hydrogens is 703 g/mol. The molecule has 0 aliphatic carbocycles. The minimum absolute atomic E-state index is 1.11. The second-order valence-corrected chi connectivity index (χ2v) is 16.3. The molecule has 0 amide bonds. The van der Waals surface area contributed by atoms with Crippen molar-refractivity contribution in [3.8, 4) is 33.4 Å². The second-order valence-electron chi connectivity index (χ2n) is 14.1. The highest BCUT2D eigenvalue weighted by atomic mass is 32.1. The van der Waals surface area contributed by atoms with Gasteiger partial charge >= 0.3 is 0 Å². The molecule has 9 aromatic carbocycles. The van der Waals surface area contributed by atoms with Gasteiger partial charge in [0.15, 0.2) is 0 Å². The Bertz CT molecular complexity index is 3050. The Labute approximate surface area is 327 Å². The van der Waals surface area contributed by atoms with Gasteiger partial charge in [-0.05, 0) is 111 Å². The predicted molar refractivity (Wildman–Crippen MR) is 241 cm³/mol. The summed E-state index contributed by atoms with van der Waals surface area (Å²) in [4.78, 5) is 2.39. The van der Waals surface area contributed by atoms with Crippen LogP contribution in [-0.4, -0.2) is 0 Å². The zero-order valence-electron chi connectivity index (χ0n) is 29.8. The third kappa shape index (κ3) is 5.51. The van der Waals surface area contributed by atoms with Crippen LogP contribution in [0.3, 0.4) is 0 Å². The predicted octanol–water partition coefficient (Wildman–Crippen LogP) is 16.0. The van der Waals surface area contributed by atoms with Crippen molar-refractivity contribution < 1.29 is 0 Å². The highest BCUT2D eigenvalue weighted by molar-refractivity contribution is 7.26. The average molecular weight is 736 g/mol. The zero-order valence-corrected chi connectivity index (χ0v) is 31.4. The van der Waals surface area contributed by atoms with E-state index in [1.807, 2.05) is 22.7 Å². The second kappa shape index (κ2) is 13.1. The van der Waals surface area contributed by atoms with Crippen LogP contribution in [-0.2, 0) is 0 Å². The summed E-state index contributed by atoms with van der Waals surface area (Å²) >= 11 is 3.73. The van der Waals surface area contributed by atoms with Gasteiger partial charge < -0.3 is 4.90 Å². The van der Waals surface area contributed by atoms with Crippen molar-refractivity contribution in [1.82, 2.24) is 0 Å². The molecule has 0 aliphatic heterocycles. The molecule has 11 rings (SSSR count). The Kier molecular flexibility index (Phi) is 7.61. The normalized spacial score (nSPS) is 11.6. The van der Waals surface area contributed by atoms with E-state index in [1.54, 1.807) is 0 Å². The standard InChI is InChI=1S/C52H33NS2/c1-2-11-37-32-39(23-22-34(37)10-1)38-12-7-13-42(33-38)53(40-28-24-35(25-29-40)43-16-8-20-49-51(43)45-14-3-5-18-47(45)54-49)41-30-26-36(27-31-41)44-17-9-21-50-52(44)46-15-4-6-19-48(46)55-50/h1-33H. The number of anilines is 3. The zero-order chi connectivity index (χ0) is 36.3. The molecule has 2 heterocycles. The van der Waals surface area contributed by atoms with Gasteiger partial charge in [0.2, 0.25) is 0 Å². The lowest BCUT2D eigenvalue weighted by molar-refractivity contribution is 1.28. The summed E-state index contributed by atoms with van der Waals surface area (Å²) < 4.78 is 5.29. The molecule has 0 aliphatic rings. The summed E-state index contributed by atoms with van der Waals surface area (Å²) in [6, 6.07) is 73.4. The molecule has 0 bridgehead atoms. The number of nitrogens with zero attached hydrogens (tertiary/aromatic N) is 1. The third-order valence-electron chi connectivity index (χ3n) is 10.9. The van der Waals surface area contributed by atoms with Crippen LogP contribution in [0.5, 0.6) is 0 Å². The summed E-state index contributed by atoms with van der Waals surface area (Å²) in [7, 11) is 0. The van der Waals surface area contributed by atoms with Crippen LogP contribution in [0.1, 0.15) is 0 Å². The smallest absolute Gasteiger partial charge is 0.0467 e. The highest BCUT2D eigenvalue weighted by Gasteiger charge is 2.17. The van der Waals surface area contributed by atoms with Gasteiger partial charge in [0.05, 0.1) is 0 Å². The first-order chi connectivity index (χ1) is 27.2. The van der Waals surface area contributed by atoms with Crippen molar-refractivity contribution in [2.24, 2.45) is 0 Å². The fourth-order valence-electron chi connectivity index (χ4n) is 8.25. The Morgan fingerprint density at radius 1 is 0.291 bits per heavy atom. The van der Waals surface area contributed by atoms with Crippen molar-refractivity contribution >= 4 is 90.9 Å². The van der Waals surface area contributed by atoms with Crippen LogP contribution in [0.25, 0.3) is 84.5 Å². The Balaban J connectivity index is 1.03. The van der Waals surface area contributed by atoms with Crippen molar-refractivity contribution in [1.29, 1.82) is 0 Å². The Morgan fingerprint density at radius 3 is 1.36 bits per heavy atom. The molecule has 0 radical (unpaired) electrons. The lowest BCUT2D eigenvalue weighted by atomic mass is 9.98. The molecule has 0 saturated heterocycles. The van der Waals surface area contributed by atoms with Crippen LogP contribution < -0.4 is 4.90 Å². The average Bonchev–Trinajstić information content (AvgIpc) is 3.83. The fourth-order valence-corrected chi connectivity index (χ4v) is 10.5. The summed E-state index contributed by atoms with van der Waals surface area (Å²) in [5.74, 6) is 0. The van der Waals surface area contributed by atoms with Crippen LogP contribution in [0.15, 0.2) is 200 Å². The lowest BCUT2D eigenvalue weighted by Crippen LogP contribution is -2.10. The van der Waals surface area contributed by atoms with Gasteiger partial charge in [0.25, 0.3) is 0 Å². The largest absolute Gasteiger partial charge is 0.310 e. The van der Waals surface area contributed by atoms with Crippen LogP contribution in [0, 0.1) is 0 Å². The third-order valence-corrected chi connectivity index (χ3v) is 13.1. The molecule has 0 N–H and O–H groups in total. The summed E-state index contributed by atoms with van der Waals surface area (Å²) in [5.41, 5.74) is 10.7. The Morgan fingerprint density at radius 2 is 0.764 bits per heavy atom. The molecule has 0 fully saturated rings. The molecular formula is C52H33NS2. The molecule has 55 heavy (non-hydrogen) atoms. The Hall–Kier alpha value is -6.52. The number of hydrogen-bond acceptors (Lipinski definition) is 3. The van der Waals surface area contributed by atoms with E-state index >= 15 is 0 Å². The van der Waals surface area contributed by atoms with Crippen molar-refractivity contribution in [2.75, 3.05) is 4.90 Å². The maximum atomic E-state index is 2.39. The SMILES string of the molecule is c1cc(-c2ccc3ccccc3c2)cc(N(c2ccc(-c3cccc4sc5ccccc5c34)cc2)c2ccc(-c3cccc4sc5ccccc5c34)cc2)c1. The molecule has 11 aromatic rings. The molecule has 258 valence electrons. The quantitative estimate of drug-likeness (QED) is 0.164.